The van der Waals surface area contributed by atoms with Crippen molar-refractivity contribution in [2.75, 3.05) is 25.7 Å². The summed E-state index contributed by atoms with van der Waals surface area (Å²) in [5, 5.41) is 5.55. The molecule has 0 radical (unpaired) electrons. The maximum Gasteiger partial charge on any atom is 0.343 e. The zero-order chi connectivity index (χ0) is 26.9. The van der Waals surface area contributed by atoms with Crippen LogP contribution in [0.2, 0.25) is 0 Å². The van der Waals surface area contributed by atoms with Gasteiger partial charge in [-0.1, -0.05) is 30.3 Å². The lowest BCUT2D eigenvalue weighted by Crippen LogP contribution is -2.20. The SMILES string of the molecule is CCOC(=O)c1cnn2c(N(C)Cc3ccccc3)cc(-c3cn([C@H]4CCC[C@@H]4OC)c4ncccc34)nc12. The molecule has 2 atom stereocenters. The van der Waals surface area contributed by atoms with Gasteiger partial charge in [0.1, 0.15) is 17.0 Å². The topological polar surface area (TPSA) is 86.8 Å². The van der Waals surface area contributed by atoms with E-state index in [1.807, 2.05) is 43.6 Å². The van der Waals surface area contributed by atoms with Crippen molar-refractivity contribution in [3.05, 3.63) is 78.2 Å². The highest BCUT2D eigenvalue weighted by molar-refractivity contribution is 5.98. The second-order valence-corrected chi connectivity index (χ2v) is 9.95. The number of carbonyl (C=O) groups is 1. The van der Waals surface area contributed by atoms with E-state index in [1.54, 1.807) is 18.5 Å². The lowest BCUT2D eigenvalue weighted by Gasteiger charge is -2.21. The summed E-state index contributed by atoms with van der Waals surface area (Å²) in [5.41, 5.74) is 4.56. The highest BCUT2D eigenvalue weighted by atomic mass is 16.5. The second kappa shape index (κ2) is 10.5. The molecule has 9 heteroatoms. The molecule has 0 saturated heterocycles. The van der Waals surface area contributed by atoms with Gasteiger partial charge in [0.15, 0.2) is 5.65 Å². The van der Waals surface area contributed by atoms with Crippen LogP contribution in [0, 0.1) is 0 Å². The molecule has 6 rings (SSSR count). The predicted octanol–water partition coefficient (Wildman–Crippen LogP) is 5.30. The Morgan fingerprint density at radius 3 is 2.77 bits per heavy atom. The van der Waals surface area contributed by atoms with Gasteiger partial charge in [0.2, 0.25) is 0 Å². The van der Waals surface area contributed by atoms with Gasteiger partial charge in [-0.25, -0.2) is 14.8 Å². The molecule has 1 aliphatic carbocycles. The van der Waals surface area contributed by atoms with E-state index in [4.69, 9.17) is 19.4 Å². The molecular formula is C30H32N6O3. The third kappa shape index (κ3) is 4.52. The average Bonchev–Trinajstić information content (AvgIpc) is 3.69. The number of hydrogen-bond acceptors (Lipinski definition) is 7. The van der Waals surface area contributed by atoms with E-state index in [2.05, 4.69) is 39.0 Å². The number of fused-ring (bicyclic) bond motifs is 2. The van der Waals surface area contributed by atoms with Crippen LogP contribution in [0.1, 0.15) is 48.1 Å². The van der Waals surface area contributed by atoms with Crippen LogP contribution in [-0.4, -0.2) is 57.0 Å². The molecule has 39 heavy (non-hydrogen) atoms. The number of benzene rings is 1. The molecule has 0 spiro atoms. The van der Waals surface area contributed by atoms with Crippen molar-refractivity contribution < 1.29 is 14.3 Å². The van der Waals surface area contributed by atoms with Crippen LogP contribution < -0.4 is 4.90 Å². The van der Waals surface area contributed by atoms with Crippen molar-refractivity contribution in [2.24, 2.45) is 0 Å². The minimum absolute atomic E-state index is 0.142. The largest absolute Gasteiger partial charge is 0.462 e. The fraction of sp³-hybridized carbons (Fsp3) is 0.333. The van der Waals surface area contributed by atoms with Crippen molar-refractivity contribution in [1.82, 2.24) is 24.1 Å². The van der Waals surface area contributed by atoms with E-state index >= 15 is 0 Å². The third-order valence-electron chi connectivity index (χ3n) is 7.55. The molecular weight excluding hydrogens is 492 g/mol. The van der Waals surface area contributed by atoms with E-state index < -0.39 is 5.97 Å². The molecule has 4 heterocycles. The summed E-state index contributed by atoms with van der Waals surface area (Å²) >= 11 is 0. The molecule has 0 bridgehead atoms. The number of methoxy groups -OCH3 is 1. The number of ether oxygens (including phenoxy) is 2. The maximum atomic E-state index is 12.8. The van der Waals surface area contributed by atoms with Crippen LogP contribution in [0.5, 0.6) is 0 Å². The second-order valence-electron chi connectivity index (χ2n) is 9.95. The monoisotopic (exact) mass is 524 g/mol. The van der Waals surface area contributed by atoms with Crippen LogP contribution in [-0.2, 0) is 16.0 Å². The third-order valence-corrected chi connectivity index (χ3v) is 7.55. The lowest BCUT2D eigenvalue weighted by molar-refractivity contribution is 0.0528. The molecule has 9 nitrogen and oxygen atoms in total. The van der Waals surface area contributed by atoms with Gasteiger partial charge in [0.25, 0.3) is 0 Å². The van der Waals surface area contributed by atoms with Crippen LogP contribution in [0.15, 0.2) is 67.1 Å². The summed E-state index contributed by atoms with van der Waals surface area (Å²) in [6.07, 6.45) is 8.82. The quantitative estimate of drug-likeness (QED) is 0.255. The summed E-state index contributed by atoms with van der Waals surface area (Å²) in [6.45, 7) is 2.73. The number of aromatic nitrogens is 5. The van der Waals surface area contributed by atoms with E-state index in [0.717, 1.165) is 52.9 Å². The van der Waals surface area contributed by atoms with Crippen molar-refractivity contribution >= 4 is 28.5 Å². The predicted molar refractivity (Wildman–Crippen MR) is 150 cm³/mol. The summed E-state index contributed by atoms with van der Waals surface area (Å²) < 4.78 is 15.1. The van der Waals surface area contributed by atoms with E-state index in [-0.39, 0.29) is 18.8 Å². The molecule has 1 saturated carbocycles. The first-order chi connectivity index (χ1) is 19.1. The van der Waals surface area contributed by atoms with Gasteiger partial charge >= 0.3 is 5.97 Å². The number of hydrogen-bond donors (Lipinski definition) is 0. The van der Waals surface area contributed by atoms with Gasteiger partial charge in [-0.2, -0.15) is 9.61 Å². The Labute approximate surface area is 227 Å². The van der Waals surface area contributed by atoms with Gasteiger partial charge in [-0.15, -0.1) is 0 Å². The molecule has 0 unspecified atom stereocenters. The number of esters is 1. The molecule has 0 aliphatic heterocycles. The van der Waals surface area contributed by atoms with Crippen molar-refractivity contribution in [2.45, 2.75) is 44.9 Å². The van der Waals surface area contributed by atoms with Gasteiger partial charge < -0.3 is 18.9 Å². The molecule has 5 aromatic rings. The van der Waals surface area contributed by atoms with Gasteiger partial charge in [-0.05, 0) is 43.9 Å². The number of pyridine rings is 1. The Balaban J connectivity index is 1.53. The Kier molecular flexibility index (Phi) is 6.74. The Bertz CT molecular complexity index is 1630. The minimum Gasteiger partial charge on any atom is -0.462 e. The summed E-state index contributed by atoms with van der Waals surface area (Å²) in [7, 11) is 3.80. The molecule has 0 N–H and O–H groups in total. The van der Waals surface area contributed by atoms with Crippen LogP contribution in [0.4, 0.5) is 5.82 Å². The fourth-order valence-corrected chi connectivity index (χ4v) is 5.69. The first kappa shape index (κ1) is 25.1. The molecule has 1 aliphatic rings. The Morgan fingerprint density at radius 1 is 1.13 bits per heavy atom. The summed E-state index contributed by atoms with van der Waals surface area (Å²) in [4.78, 5) is 24.7. The number of rotatable bonds is 8. The Hall–Kier alpha value is -4.24. The van der Waals surface area contributed by atoms with Gasteiger partial charge in [0, 0.05) is 50.1 Å². The van der Waals surface area contributed by atoms with Crippen molar-refractivity contribution in [3.8, 4) is 11.3 Å². The standard InChI is InChI=1S/C30H32N6O3/c1-4-39-30(37)22-17-32-36-27(34(2)18-20-10-6-5-7-11-20)16-24(33-29(22)36)23-19-35(25-13-8-14-26(25)38-3)28-21(23)12-9-15-31-28/h5-7,9-12,15-17,19,25-26H,4,8,13-14,18H2,1-3H3/t25-,26-/m0/s1. The number of nitrogens with zero attached hydrogens (tertiary/aromatic N) is 6. The van der Waals surface area contributed by atoms with Crippen molar-refractivity contribution in [3.63, 3.8) is 0 Å². The molecule has 4 aromatic heterocycles. The highest BCUT2D eigenvalue weighted by Crippen LogP contribution is 2.39. The van der Waals surface area contributed by atoms with E-state index in [9.17, 15) is 4.79 Å². The number of anilines is 1. The summed E-state index contributed by atoms with van der Waals surface area (Å²) in [6, 6.07) is 16.5. The lowest BCUT2D eigenvalue weighted by atomic mass is 10.1. The van der Waals surface area contributed by atoms with E-state index in [0.29, 0.717) is 17.8 Å². The average molecular weight is 525 g/mol. The molecule has 1 fully saturated rings. The fourth-order valence-electron chi connectivity index (χ4n) is 5.69. The first-order valence-corrected chi connectivity index (χ1v) is 13.4. The van der Waals surface area contributed by atoms with Gasteiger partial charge in [0.05, 0.1) is 30.6 Å². The van der Waals surface area contributed by atoms with Gasteiger partial charge in [-0.3, -0.25) is 0 Å². The summed E-state index contributed by atoms with van der Waals surface area (Å²) in [5.74, 6) is 0.377. The molecule has 0 amide bonds. The molecule has 1 aromatic carbocycles. The van der Waals surface area contributed by atoms with Crippen LogP contribution in [0.3, 0.4) is 0 Å². The van der Waals surface area contributed by atoms with Crippen molar-refractivity contribution in [1.29, 1.82) is 0 Å². The number of carbonyl (C=O) groups excluding carboxylic acids is 1. The zero-order valence-corrected chi connectivity index (χ0v) is 22.4. The van der Waals surface area contributed by atoms with Crippen LogP contribution in [0.25, 0.3) is 27.9 Å². The Morgan fingerprint density at radius 2 is 1.97 bits per heavy atom. The van der Waals surface area contributed by atoms with Crippen LogP contribution >= 0.6 is 0 Å². The van der Waals surface area contributed by atoms with E-state index in [1.165, 1.54) is 6.20 Å². The smallest absolute Gasteiger partial charge is 0.343 e. The maximum absolute atomic E-state index is 12.8. The molecule has 200 valence electrons. The normalized spacial score (nSPS) is 17.2. The zero-order valence-electron chi connectivity index (χ0n) is 22.4. The first-order valence-electron chi connectivity index (χ1n) is 13.4. The highest BCUT2D eigenvalue weighted by Gasteiger charge is 2.31. The minimum atomic E-state index is -0.438.